The van der Waals surface area contributed by atoms with Crippen LogP contribution in [0.4, 0.5) is 13.2 Å². The Kier molecular flexibility index (Phi) is 2.08. The average Bonchev–Trinajstić information content (AvgIpc) is 1.82. The number of nitrogens with zero attached hydrogens (tertiary/aromatic N) is 1. The molecule has 0 atom stereocenters. The third kappa shape index (κ3) is 1.57. The Balaban J connectivity index is 3.31. The fourth-order valence-corrected chi connectivity index (χ4v) is 1.12. The van der Waals surface area contributed by atoms with Crippen molar-refractivity contribution in [1.82, 2.24) is 4.98 Å². The van der Waals surface area contributed by atoms with Gasteiger partial charge in [0, 0.05) is 11.9 Å². The maximum absolute atomic E-state index is 12.3. The normalized spacial score (nSPS) is 11.8. The predicted molar refractivity (Wildman–Crippen MR) is 38.7 cm³/mol. The van der Waals surface area contributed by atoms with E-state index in [1.165, 1.54) is 26.1 Å². The summed E-state index contributed by atoms with van der Waals surface area (Å²) >= 11 is 0. The summed E-state index contributed by atoms with van der Waals surface area (Å²) in [5.74, 6) is 0. The van der Waals surface area contributed by atoms with Crippen LogP contribution in [0.3, 0.4) is 0 Å². The van der Waals surface area contributed by atoms with E-state index in [2.05, 4.69) is 4.98 Å². The molecule has 0 bridgehead atoms. The molecule has 0 amide bonds. The zero-order valence-corrected chi connectivity index (χ0v) is 6.74. The SMILES string of the molecule is Cc1ccnc(C)c1C(F)(F)F. The van der Waals surface area contributed by atoms with E-state index in [4.69, 9.17) is 0 Å². The van der Waals surface area contributed by atoms with Gasteiger partial charge in [-0.1, -0.05) is 0 Å². The van der Waals surface area contributed by atoms with E-state index < -0.39 is 11.7 Å². The first-order valence-corrected chi connectivity index (χ1v) is 3.42. The number of alkyl halides is 3. The Morgan fingerprint density at radius 1 is 1.25 bits per heavy atom. The third-order valence-electron chi connectivity index (χ3n) is 1.63. The molecular weight excluding hydrogens is 167 g/mol. The number of pyridine rings is 1. The molecule has 12 heavy (non-hydrogen) atoms. The number of rotatable bonds is 0. The van der Waals surface area contributed by atoms with Crippen molar-refractivity contribution in [1.29, 1.82) is 0 Å². The Morgan fingerprint density at radius 3 is 2.17 bits per heavy atom. The summed E-state index contributed by atoms with van der Waals surface area (Å²) in [5, 5.41) is 0. The topological polar surface area (TPSA) is 12.9 Å². The molecule has 1 aromatic heterocycles. The van der Waals surface area contributed by atoms with E-state index in [-0.39, 0.29) is 11.3 Å². The molecule has 1 rings (SSSR count). The number of halogens is 3. The molecule has 1 nitrogen and oxygen atoms in total. The van der Waals surface area contributed by atoms with Gasteiger partial charge in [0.15, 0.2) is 0 Å². The lowest BCUT2D eigenvalue weighted by Gasteiger charge is -2.11. The van der Waals surface area contributed by atoms with Gasteiger partial charge in [0.25, 0.3) is 0 Å². The lowest BCUT2D eigenvalue weighted by atomic mass is 10.1. The van der Waals surface area contributed by atoms with Crippen LogP contribution in [0.25, 0.3) is 0 Å². The second-order valence-electron chi connectivity index (χ2n) is 2.59. The van der Waals surface area contributed by atoms with Crippen LogP contribution in [0.1, 0.15) is 16.8 Å². The molecule has 0 spiro atoms. The van der Waals surface area contributed by atoms with Crippen molar-refractivity contribution in [3.63, 3.8) is 0 Å². The molecule has 0 aromatic carbocycles. The van der Waals surface area contributed by atoms with Gasteiger partial charge in [-0.05, 0) is 25.5 Å². The van der Waals surface area contributed by atoms with Gasteiger partial charge < -0.3 is 0 Å². The summed E-state index contributed by atoms with van der Waals surface area (Å²) in [5.41, 5.74) is -0.373. The number of aryl methyl sites for hydroxylation is 2. The second kappa shape index (κ2) is 2.77. The smallest absolute Gasteiger partial charge is 0.261 e. The van der Waals surface area contributed by atoms with Gasteiger partial charge in [-0.2, -0.15) is 13.2 Å². The van der Waals surface area contributed by atoms with E-state index in [9.17, 15) is 13.2 Å². The molecule has 0 unspecified atom stereocenters. The van der Waals surface area contributed by atoms with Gasteiger partial charge in [-0.15, -0.1) is 0 Å². The van der Waals surface area contributed by atoms with E-state index in [0.717, 1.165) is 0 Å². The first-order chi connectivity index (χ1) is 5.43. The van der Waals surface area contributed by atoms with Crippen molar-refractivity contribution in [2.24, 2.45) is 0 Å². The lowest BCUT2D eigenvalue weighted by molar-refractivity contribution is -0.138. The van der Waals surface area contributed by atoms with Crippen molar-refractivity contribution in [2.75, 3.05) is 0 Å². The average molecular weight is 175 g/mol. The summed E-state index contributed by atoms with van der Waals surface area (Å²) in [4.78, 5) is 3.59. The third-order valence-corrected chi connectivity index (χ3v) is 1.63. The maximum atomic E-state index is 12.3. The van der Waals surface area contributed by atoms with Crippen LogP contribution in [0.5, 0.6) is 0 Å². The zero-order chi connectivity index (χ0) is 9.35. The van der Waals surface area contributed by atoms with E-state index in [0.29, 0.717) is 0 Å². The Morgan fingerprint density at radius 2 is 1.83 bits per heavy atom. The minimum atomic E-state index is -4.29. The highest BCUT2D eigenvalue weighted by molar-refractivity contribution is 5.30. The highest BCUT2D eigenvalue weighted by Crippen LogP contribution is 2.32. The maximum Gasteiger partial charge on any atom is 0.418 e. The second-order valence-corrected chi connectivity index (χ2v) is 2.59. The van der Waals surface area contributed by atoms with Crippen LogP contribution < -0.4 is 0 Å². The van der Waals surface area contributed by atoms with E-state index in [1.54, 1.807) is 0 Å². The number of hydrogen-bond donors (Lipinski definition) is 0. The summed E-state index contributed by atoms with van der Waals surface area (Å²) in [6.07, 6.45) is -2.91. The zero-order valence-electron chi connectivity index (χ0n) is 6.74. The Bertz CT molecular complexity index is 271. The molecule has 0 saturated heterocycles. The summed E-state index contributed by atoms with van der Waals surface area (Å²) in [7, 11) is 0. The van der Waals surface area contributed by atoms with E-state index in [1.807, 2.05) is 0 Å². The van der Waals surface area contributed by atoms with Crippen LogP contribution in [-0.2, 0) is 6.18 Å². The van der Waals surface area contributed by atoms with Crippen LogP contribution in [0.2, 0.25) is 0 Å². The van der Waals surface area contributed by atoms with E-state index >= 15 is 0 Å². The molecule has 66 valence electrons. The summed E-state index contributed by atoms with van der Waals surface area (Å²) < 4.78 is 36.8. The number of hydrogen-bond acceptors (Lipinski definition) is 1. The monoisotopic (exact) mass is 175 g/mol. The highest BCUT2D eigenvalue weighted by Gasteiger charge is 2.34. The van der Waals surface area contributed by atoms with Crippen LogP contribution in [0.15, 0.2) is 12.3 Å². The van der Waals surface area contributed by atoms with Gasteiger partial charge >= 0.3 is 6.18 Å². The summed E-state index contributed by atoms with van der Waals surface area (Å²) in [6, 6.07) is 1.36. The largest absolute Gasteiger partial charge is 0.418 e. The van der Waals surface area contributed by atoms with Crippen molar-refractivity contribution in [3.8, 4) is 0 Å². The molecule has 0 fully saturated rings. The molecule has 1 aromatic rings. The molecule has 0 aliphatic carbocycles. The molecule has 0 N–H and O–H groups in total. The van der Waals surface area contributed by atoms with Crippen LogP contribution in [0, 0.1) is 13.8 Å². The molecule has 4 heteroatoms. The molecular formula is C8H8F3N. The van der Waals surface area contributed by atoms with Crippen molar-refractivity contribution >= 4 is 0 Å². The van der Waals surface area contributed by atoms with Gasteiger partial charge in [-0.25, -0.2) is 0 Å². The van der Waals surface area contributed by atoms with Crippen molar-refractivity contribution in [2.45, 2.75) is 20.0 Å². The first kappa shape index (κ1) is 9.03. The minimum absolute atomic E-state index is 0.0301. The standard InChI is InChI=1S/C8H8F3N/c1-5-3-4-12-6(2)7(5)8(9,10)11/h3-4H,1-2H3. The van der Waals surface area contributed by atoms with Gasteiger partial charge in [0.1, 0.15) is 0 Å². The Hall–Kier alpha value is -1.06. The minimum Gasteiger partial charge on any atom is -0.261 e. The lowest BCUT2D eigenvalue weighted by Crippen LogP contribution is -2.10. The van der Waals surface area contributed by atoms with Crippen molar-refractivity contribution in [3.05, 3.63) is 29.1 Å². The van der Waals surface area contributed by atoms with Gasteiger partial charge in [-0.3, -0.25) is 4.98 Å². The van der Waals surface area contributed by atoms with Gasteiger partial charge in [0.2, 0.25) is 0 Å². The quantitative estimate of drug-likeness (QED) is 0.590. The van der Waals surface area contributed by atoms with Crippen LogP contribution in [-0.4, -0.2) is 4.98 Å². The highest BCUT2D eigenvalue weighted by atomic mass is 19.4. The fraction of sp³-hybridized carbons (Fsp3) is 0.375. The fourth-order valence-electron chi connectivity index (χ4n) is 1.12. The summed E-state index contributed by atoms with van der Waals surface area (Å²) in [6.45, 7) is 2.79. The van der Waals surface area contributed by atoms with Crippen LogP contribution >= 0.6 is 0 Å². The molecule has 1 heterocycles. The molecule has 0 aliphatic heterocycles. The Labute approximate surface area is 68.2 Å². The number of aromatic nitrogens is 1. The molecule has 0 aliphatic rings. The molecule has 0 radical (unpaired) electrons. The predicted octanol–water partition coefficient (Wildman–Crippen LogP) is 2.72. The van der Waals surface area contributed by atoms with Crippen molar-refractivity contribution < 1.29 is 13.2 Å². The first-order valence-electron chi connectivity index (χ1n) is 3.42. The van der Waals surface area contributed by atoms with Gasteiger partial charge in [0.05, 0.1) is 5.56 Å². The molecule has 0 saturated carbocycles.